The van der Waals surface area contributed by atoms with E-state index < -0.39 is 47.3 Å². The van der Waals surface area contributed by atoms with Crippen molar-refractivity contribution in [2.75, 3.05) is 13.1 Å². The molecule has 0 saturated heterocycles. The number of imide groups is 2. The van der Waals surface area contributed by atoms with Gasteiger partial charge in [0, 0.05) is 13.1 Å². The molecule has 0 atom stereocenters. The van der Waals surface area contributed by atoms with E-state index in [0.29, 0.717) is 0 Å². The summed E-state index contributed by atoms with van der Waals surface area (Å²) in [6, 6.07) is 0. The smallest absolute Gasteiger partial charge is 0.530 e. The molecule has 0 aromatic carbocycles. The summed E-state index contributed by atoms with van der Waals surface area (Å²) in [5.74, 6) is 0. The summed E-state index contributed by atoms with van der Waals surface area (Å²) < 4.78 is 0. The number of carbonyl (C=O) groups is 4. The molecule has 0 radical (unpaired) electrons. The van der Waals surface area contributed by atoms with E-state index in [0.717, 1.165) is 0 Å². The van der Waals surface area contributed by atoms with E-state index in [-0.39, 0.29) is 118 Å². The van der Waals surface area contributed by atoms with Gasteiger partial charge in [0.25, 0.3) is 0 Å². The Kier molecular flexibility index (Phi) is 27.9. The monoisotopic (exact) mass is 324 g/mol. The molecule has 0 aliphatic carbocycles. The fourth-order valence-corrected chi connectivity index (χ4v) is 0.714. The van der Waals surface area contributed by atoms with Crippen molar-refractivity contribution in [1.29, 1.82) is 0 Å². The summed E-state index contributed by atoms with van der Waals surface area (Å²) in [6.45, 7) is -1.99. The predicted octanol–water partition coefficient (Wildman–Crippen LogP) is -17.0. The summed E-state index contributed by atoms with van der Waals surface area (Å²) in [4.78, 5) is 39.8. The fraction of sp³-hybridized carbons (Fsp3) is 0.333. The van der Waals surface area contributed by atoms with Gasteiger partial charge in [0.1, 0.15) is 24.4 Å². The van der Waals surface area contributed by atoms with Crippen LogP contribution < -0.4 is 139 Å². The van der Waals surface area contributed by atoms with Gasteiger partial charge in [-0.05, 0) is 0 Å². The van der Waals surface area contributed by atoms with E-state index in [4.69, 9.17) is 0 Å². The zero-order valence-corrected chi connectivity index (χ0v) is 19.6. The van der Waals surface area contributed by atoms with Gasteiger partial charge in [-0.3, -0.25) is 0 Å². The van der Waals surface area contributed by atoms with Crippen molar-refractivity contribution >= 4 is 24.4 Å². The molecule has 0 heterocycles. The topological polar surface area (TPSA) is 167 Å². The molecule has 0 aliphatic heterocycles. The molecule has 0 bridgehead atoms. The zero-order chi connectivity index (χ0) is 12.9. The quantitative estimate of drug-likeness (QED) is 0.461. The molecule has 10 nitrogen and oxygen atoms in total. The van der Waals surface area contributed by atoms with Gasteiger partial charge in [-0.1, -0.05) is 0 Å². The third kappa shape index (κ3) is 13.2. The van der Waals surface area contributed by atoms with Crippen LogP contribution in [0.25, 0.3) is 0 Å². The number of carbonyl (C=O) groups excluding carboxylic acids is 4. The molecule has 4 amide bonds. The number of hydrogen-bond acceptors (Lipinski definition) is 8. The molecule has 14 heteroatoms. The van der Waals surface area contributed by atoms with Crippen LogP contribution in [0.1, 0.15) is 0 Å². The number of hydrogen-bond donors (Lipinski definition) is 0. The van der Waals surface area contributed by atoms with Crippen LogP contribution in [0.4, 0.5) is 19.2 Å². The van der Waals surface area contributed by atoms with Gasteiger partial charge in [-0.2, -0.15) is 0 Å². The van der Waals surface area contributed by atoms with E-state index in [2.05, 4.69) is 0 Å². The van der Waals surface area contributed by atoms with Crippen LogP contribution in [0.5, 0.6) is 0 Å². The van der Waals surface area contributed by atoms with E-state index in [1.165, 1.54) is 0 Å². The van der Waals surface area contributed by atoms with Gasteiger partial charge in [-0.15, -0.1) is 0 Å². The molecule has 0 aliphatic rings. The number of nitrogens with zero attached hydrogens (tertiary/aromatic N) is 2. The molecule has 0 fully saturated rings. The van der Waals surface area contributed by atoms with Crippen molar-refractivity contribution in [1.82, 2.24) is 9.80 Å². The Morgan fingerprint density at radius 2 is 0.700 bits per heavy atom. The van der Waals surface area contributed by atoms with Crippen molar-refractivity contribution in [3.8, 4) is 0 Å². The first-order chi connectivity index (χ1) is 7.27. The second kappa shape index (κ2) is 16.8. The third-order valence-electron chi connectivity index (χ3n) is 1.43. The van der Waals surface area contributed by atoms with Crippen molar-refractivity contribution in [2.24, 2.45) is 0 Å². The Bertz CT molecular complexity index is 281. The van der Waals surface area contributed by atoms with Gasteiger partial charge in [0.15, 0.2) is 0 Å². The van der Waals surface area contributed by atoms with Crippen LogP contribution in [0.15, 0.2) is 0 Å². The van der Waals surface area contributed by atoms with Gasteiger partial charge >= 0.3 is 118 Å². The van der Waals surface area contributed by atoms with Gasteiger partial charge in [0.2, 0.25) is 0 Å². The van der Waals surface area contributed by atoms with E-state index in [1.54, 1.807) is 0 Å². The van der Waals surface area contributed by atoms with E-state index in [1.807, 2.05) is 0 Å². The average molecular weight is 324 g/mol. The Labute approximate surface area is 202 Å². The number of carboxylic acid groups (broad SMARTS) is 4. The first kappa shape index (κ1) is 33.2. The predicted molar refractivity (Wildman–Crippen MR) is 35.0 cm³/mol. The Balaban J connectivity index is -0.000000187. The first-order valence-corrected chi connectivity index (χ1v) is 3.66. The van der Waals surface area contributed by atoms with Gasteiger partial charge in [-0.25, -0.2) is 0 Å². The zero-order valence-electron chi connectivity index (χ0n) is 11.6. The largest absolute Gasteiger partial charge is 1.00 e. The molecule has 0 rings (SSSR count). The number of amides is 4. The summed E-state index contributed by atoms with van der Waals surface area (Å²) in [5, 5.41) is 40.6. The van der Waals surface area contributed by atoms with E-state index >= 15 is 0 Å². The SMILES string of the molecule is O=C([O-])N(CCN(C(=O)[O-])C(=O)[O-])C(=O)[O-].[Na+].[Na+].[Na+].[Na+]. The summed E-state index contributed by atoms with van der Waals surface area (Å²) in [5.41, 5.74) is 0. The Morgan fingerprint density at radius 3 is 0.800 bits per heavy atom. The Hall–Kier alpha value is 1.48. The van der Waals surface area contributed by atoms with Crippen molar-refractivity contribution < 1.29 is 158 Å². The van der Waals surface area contributed by atoms with Crippen molar-refractivity contribution in [3.05, 3.63) is 0 Å². The molecule has 0 saturated carbocycles. The summed E-state index contributed by atoms with van der Waals surface area (Å²) in [6.07, 6.45) is -8.68. The van der Waals surface area contributed by atoms with Crippen LogP contribution in [-0.2, 0) is 0 Å². The Morgan fingerprint density at radius 1 is 0.550 bits per heavy atom. The van der Waals surface area contributed by atoms with Crippen LogP contribution in [0.2, 0.25) is 0 Å². The third-order valence-corrected chi connectivity index (χ3v) is 1.43. The summed E-state index contributed by atoms with van der Waals surface area (Å²) >= 11 is 0. The molecule has 90 valence electrons. The summed E-state index contributed by atoms with van der Waals surface area (Å²) in [7, 11) is 0. The number of rotatable bonds is 3. The minimum atomic E-state index is -2.17. The molecular weight excluding hydrogens is 320 g/mol. The second-order valence-electron chi connectivity index (χ2n) is 2.37. The molecule has 0 aromatic heterocycles. The van der Waals surface area contributed by atoms with Crippen LogP contribution in [0.3, 0.4) is 0 Å². The van der Waals surface area contributed by atoms with Crippen LogP contribution in [0, 0.1) is 0 Å². The maximum absolute atomic E-state index is 10.1. The minimum absolute atomic E-state index is 0. The molecule has 20 heavy (non-hydrogen) atoms. The van der Waals surface area contributed by atoms with Gasteiger partial charge in [0.05, 0.1) is 0 Å². The van der Waals surface area contributed by atoms with Crippen molar-refractivity contribution in [2.45, 2.75) is 0 Å². The standard InChI is InChI=1S/C6H8N2O8.4Na/c9-3(10)7(4(11)12)1-2-8(5(13)14)6(15)16;;;;/h1-2H2,(H,9,10)(H,11,12)(H,13,14)(H,15,16);;;;/q;4*+1/p-4. The second-order valence-corrected chi connectivity index (χ2v) is 2.37. The molecule has 0 unspecified atom stereocenters. The maximum atomic E-state index is 10.1. The van der Waals surface area contributed by atoms with E-state index in [9.17, 15) is 39.6 Å². The first-order valence-electron chi connectivity index (χ1n) is 3.66. The minimum Gasteiger partial charge on any atom is -0.530 e. The average Bonchev–Trinajstić information content (AvgIpc) is 2.09. The van der Waals surface area contributed by atoms with Crippen LogP contribution >= 0.6 is 0 Å². The molecule has 0 N–H and O–H groups in total. The van der Waals surface area contributed by atoms with Crippen LogP contribution in [-0.4, -0.2) is 47.3 Å². The normalized spacial score (nSPS) is 7.40. The maximum Gasteiger partial charge on any atom is 1.00 e. The van der Waals surface area contributed by atoms with Crippen molar-refractivity contribution in [3.63, 3.8) is 0 Å². The fourth-order valence-electron chi connectivity index (χ4n) is 0.714. The van der Waals surface area contributed by atoms with Gasteiger partial charge < -0.3 is 49.4 Å². The molecule has 0 spiro atoms. The molecule has 0 aromatic rings. The molecular formula is C6H4N2Na4O8.